The van der Waals surface area contributed by atoms with Crippen molar-refractivity contribution in [2.75, 3.05) is 0 Å². The maximum absolute atomic E-state index is 11.2. The SMILES string of the molecule is Cc1cncc(C)c1C(=O)NN. The van der Waals surface area contributed by atoms with Crippen LogP contribution in [-0.4, -0.2) is 10.9 Å². The van der Waals surface area contributed by atoms with Crippen LogP contribution in [0.2, 0.25) is 0 Å². The highest BCUT2D eigenvalue weighted by molar-refractivity contribution is 5.96. The average Bonchev–Trinajstić information content (AvgIpc) is 2.03. The van der Waals surface area contributed by atoms with Gasteiger partial charge in [-0.2, -0.15) is 0 Å². The van der Waals surface area contributed by atoms with Crippen molar-refractivity contribution >= 4 is 5.91 Å². The Balaban J connectivity index is 3.21. The molecule has 4 heteroatoms. The van der Waals surface area contributed by atoms with Gasteiger partial charge in [0.25, 0.3) is 5.91 Å². The molecule has 0 aliphatic heterocycles. The lowest BCUT2D eigenvalue weighted by atomic mass is 10.1. The van der Waals surface area contributed by atoms with Crippen LogP contribution in [0, 0.1) is 13.8 Å². The molecule has 0 radical (unpaired) electrons. The van der Waals surface area contributed by atoms with Gasteiger partial charge in [-0.15, -0.1) is 0 Å². The second-order valence-corrected chi connectivity index (χ2v) is 2.62. The van der Waals surface area contributed by atoms with Gasteiger partial charge in [0.2, 0.25) is 0 Å². The van der Waals surface area contributed by atoms with Crippen molar-refractivity contribution in [2.24, 2.45) is 5.84 Å². The second kappa shape index (κ2) is 3.32. The molecule has 1 aromatic rings. The number of hydrogen-bond donors (Lipinski definition) is 2. The number of hydrogen-bond acceptors (Lipinski definition) is 3. The van der Waals surface area contributed by atoms with E-state index in [4.69, 9.17) is 5.84 Å². The molecule has 0 atom stereocenters. The molecule has 0 aromatic carbocycles. The van der Waals surface area contributed by atoms with Gasteiger partial charge in [-0.05, 0) is 25.0 Å². The molecule has 0 aliphatic carbocycles. The van der Waals surface area contributed by atoms with Crippen LogP contribution in [0.5, 0.6) is 0 Å². The molecular weight excluding hydrogens is 154 g/mol. The van der Waals surface area contributed by atoms with Gasteiger partial charge in [-0.25, -0.2) is 5.84 Å². The summed E-state index contributed by atoms with van der Waals surface area (Å²) in [5.41, 5.74) is 4.36. The van der Waals surface area contributed by atoms with Gasteiger partial charge in [0.15, 0.2) is 0 Å². The van der Waals surface area contributed by atoms with Gasteiger partial charge < -0.3 is 0 Å². The van der Waals surface area contributed by atoms with E-state index in [2.05, 4.69) is 10.4 Å². The summed E-state index contributed by atoms with van der Waals surface area (Å²) >= 11 is 0. The van der Waals surface area contributed by atoms with Crippen molar-refractivity contribution in [3.8, 4) is 0 Å². The minimum Gasteiger partial charge on any atom is -0.290 e. The Morgan fingerprint density at radius 1 is 1.42 bits per heavy atom. The van der Waals surface area contributed by atoms with E-state index in [1.54, 1.807) is 12.4 Å². The van der Waals surface area contributed by atoms with Crippen LogP contribution in [0.25, 0.3) is 0 Å². The van der Waals surface area contributed by atoms with E-state index in [1.165, 1.54) is 0 Å². The van der Waals surface area contributed by atoms with E-state index in [9.17, 15) is 4.79 Å². The van der Waals surface area contributed by atoms with Gasteiger partial charge >= 0.3 is 0 Å². The van der Waals surface area contributed by atoms with Crippen molar-refractivity contribution in [2.45, 2.75) is 13.8 Å². The molecule has 3 N–H and O–H groups in total. The van der Waals surface area contributed by atoms with E-state index in [1.807, 2.05) is 13.8 Å². The van der Waals surface area contributed by atoms with Crippen molar-refractivity contribution < 1.29 is 4.79 Å². The number of nitrogens with zero attached hydrogens (tertiary/aromatic N) is 1. The van der Waals surface area contributed by atoms with Gasteiger partial charge in [0.1, 0.15) is 0 Å². The number of amides is 1. The number of hydrazine groups is 1. The molecule has 12 heavy (non-hydrogen) atoms. The lowest BCUT2D eigenvalue weighted by molar-refractivity contribution is 0.0952. The van der Waals surface area contributed by atoms with Gasteiger partial charge in [-0.3, -0.25) is 15.2 Å². The monoisotopic (exact) mass is 165 g/mol. The van der Waals surface area contributed by atoms with Gasteiger partial charge in [0.05, 0.1) is 0 Å². The predicted octanol–water partition coefficient (Wildman–Crippen LogP) is 0.302. The topological polar surface area (TPSA) is 68.0 Å². The molecule has 1 heterocycles. The number of aryl methyl sites for hydroxylation is 2. The van der Waals surface area contributed by atoms with E-state index in [0.717, 1.165) is 11.1 Å². The molecule has 1 amide bonds. The zero-order valence-corrected chi connectivity index (χ0v) is 7.09. The maximum atomic E-state index is 11.2. The molecule has 1 rings (SSSR count). The lowest BCUT2D eigenvalue weighted by Crippen LogP contribution is -2.31. The Hall–Kier alpha value is -1.42. The van der Waals surface area contributed by atoms with Crippen LogP contribution in [0.4, 0.5) is 0 Å². The van der Waals surface area contributed by atoms with E-state index in [0.29, 0.717) is 5.56 Å². The highest BCUT2D eigenvalue weighted by atomic mass is 16.2. The summed E-state index contributed by atoms with van der Waals surface area (Å²) in [4.78, 5) is 15.1. The van der Waals surface area contributed by atoms with E-state index < -0.39 is 0 Å². The summed E-state index contributed by atoms with van der Waals surface area (Å²) in [7, 11) is 0. The van der Waals surface area contributed by atoms with Crippen LogP contribution >= 0.6 is 0 Å². The highest BCUT2D eigenvalue weighted by Gasteiger charge is 2.09. The molecule has 0 saturated heterocycles. The molecule has 0 saturated carbocycles. The molecule has 1 aromatic heterocycles. The van der Waals surface area contributed by atoms with Crippen LogP contribution in [0.1, 0.15) is 21.5 Å². The third-order valence-corrected chi connectivity index (χ3v) is 1.68. The number of nitrogen functional groups attached to an aromatic ring is 1. The molecule has 0 fully saturated rings. The number of aromatic nitrogens is 1. The maximum Gasteiger partial charge on any atom is 0.265 e. The van der Waals surface area contributed by atoms with Crippen LogP contribution in [0.3, 0.4) is 0 Å². The largest absolute Gasteiger partial charge is 0.290 e. The lowest BCUT2D eigenvalue weighted by Gasteiger charge is -2.05. The van der Waals surface area contributed by atoms with E-state index >= 15 is 0 Å². The first kappa shape index (κ1) is 8.67. The van der Waals surface area contributed by atoms with Crippen molar-refractivity contribution in [3.63, 3.8) is 0 Å². The average molecular weight is 165 g/mol. The Morgan fingerprint density at radius 2 is 1.92 bits per heavy atom. The van der Waals surface area contributed by atoms with Crippen molar-refractivity contribution in [3.05, 3.63) is 29.1 Å². The standard InChI is InChI=1S/C8H11N3O/c1-5-3-10-4-6(2)7(5)8(12)11-9/h3-4H,9H2,1-2H3,(H,11,12). The number of nitrogens with two attached hydrogens (primary N) is 1. The summed E-state index contributed by atoms with van der Waals surface area (Å²) in [5, 5.41) is 0. The second-order valence-electron chi connectivity index (χ2n) is 2.62. The smallest absolute Gasteiger partial charge is 0.265 e. The third-order valence-electron chi connectivity index (χ3n) is 1.68. The number of pyridine rings is 1. The first-order valence-corrected chi connectivity index (χ1v) is 3.59. The van der Waals surface area contributed by atoms with Crippen molar-refractivity contribution in [1.29, 1.82) is 0 Å². The first-order chi connectivity index (χ1) is 5.66. The normalized spacial score (nSPS) is 9.58. The Labute approximate surface area is 70.8 Å². The number of carbonyl (C=O) groups excluding carboxylic acids is 1. The summed E-state index contributed by atoms with van der Waals surface area (Å²) in [6.07, 6.45) is 3.27. The summed E-state index contributed by atoms with van der Waals surface area (Å²) in [6.45, 7) is 3.65. The fourth-order valence-corrected chi connectivity index (χ4v) is 1.13. The molecule has 4 nitrogen and oxygen atoms in total. The third kappa shape index (κ3) is 1.43. The zero-order valence-electron chi connectivity index (χ0n) is 7.09. The fraction of sp³-hybridized carbons (Fsp3) is 0.250. The molecule has 64 valence electrons. The predicted molar refractivity (Wildman–Crippen MR) is 45.4 cm³/mol. The van der Waals surface area contributed by atoms with Crippen molar-refractivity contribution in [1.82, 2.24) is 10.4 Å². The minimum atomic E-state index is -0.271. The van der Waals surface area contributed by atoms with Crippen LogP contribution < -0.4 is 11.3 Å². The molecule has 0 spiro atoms. The molecule has 0 unspecified atom stereocenters. The summed E-state index contributed by atoms with van der Waals surface area (Å²) in [5.74, 6) is 4.75. The summed E-state index contributed by atoms with van der Waals surface area (Å²) in [6, 6.07) is 0. The van der Waals surface area contributed by atoms with Crippen LogP contribution in [-0.2, 0) is 0 Å². The van der Waals surface area contributed by atoms with Gasteiger partial charge in [0, 0.05) is 18.0 Å². The minimum absolute atomic E-state index is 0.271. The molecule has 0 aliphatic rings. The Bertz CT molecular complexity index is 289. The first-order valence-electron chi connectivity index (χ1n) is 3.59. The quantitative estimate of drug-likeness (QED) is 0.357. The zero-order chi connectivity index (χ0) is 9.14. The Morgan fingerprint density at radius 3 is 2.33 bits per heavy atom. The molecule has 0 bridgehead atoms. The highest BCUT2D eigenvalue weighted by Crippen LogP contribution is 2.10. The van der Waals surface area contributed by atoms with Gasteiger partial charge in [-0.1, -0.05) is 0 Å². The van der Waals surface area contributed by atoms with E-state index in [-0.39, 0.29) is 5.91 Å². The number of carbonyl (C=O) groups is 1. The fourth-order valence-electron chi connectivity index (χ4n) is 1.13. The number of rotatable bonds is 1. The number of nitrogens with one attached hydrogen (secondary N) is 1. The van der Waals surface area contributed by atoms with Crippen LogP contribution in [0.15, 0.2) is 12.4 Å². The molecular formula is C8H11N3O. The summed E-state index contributed by atoms with van der Waals surface area (Å²) < 4.78 is 0. The Kier molecular flexibility index (Phi) is 2.40.